The molecule has 0 amide bonds. The lowest BCUT2D eigenvalue weighted by Gasteiger charge is -2.43. The van der Waals surface area contributed by atoms with Gasteiger partial charge >= 0.3 is 5.97 Å². The van der Waals surface area contributed by atoms with E-state index in [-0.39, 0.29) is 6.42 Å². The second-order valence-corrected chi connectivity index (χ2v) is 6.30. The smallest absolute Gasteiger partial charge is 0.308 e. The molecule has 5 atom stereocenters. The summed E-state index contributed by atoms with van der Waals surface area (Å²) in [5.41, 5.74) is 0. The van der Waals surface area contributed by atoms with Crippen molar-refractivity contribution >= 4 is 5.97 Å². The summed E-state index contributed by atoms with van der Waals surface area (Å²) < 4.78 is 28.0. The number of allylic oxidation sites excluding steroid dienone is 1. The molecule has 26 heavy (non-hydrogen) atoms. The van der Waals surface area contributed by atoms with E-state index in [1.165, 1.54) is 13.4 Å². The molecule has 2 unspecified atom stereocenters. The molecular weight excluding hydrogens is 340 g/mol. The minimum Gasteiger partial charge on any atom is -0.470 e. The van der Waals surface area contributed by atoms with Gasteiger partial charge in [-0.25, -0.2) is 0 Å². The maximum absolute atomic E-state index is 11.7. The van der Waals surface area contributed by atoms with Crippen molar-refractivity contribution in [3.63, 3.8) is 0 Å². The van der Waals surface area contributed by atoms with Crippen molar-refractivity contribution in [3.05, 3.63) is 12.3 Å². The van der Waals surface area contributed by atoms with E-state index in [1.54, 1.807) is 6.08 Å². The first kappa shape index (κ1) is 22.9. The molecule has 0 spiro atoms. The molecule has 1 N–H and O–H groups in total. The van der Waals surface area contributed by atoms with Crippen LogP contribution in [0.15, 0.2) is 12.3 Å². The van der Waals surface area contributed by atoms with Crippen molar-refractivity contribution in [2.24, 2.45) is 0 Å². The first-order chi connectivity index (χ1) is 12.6. The number of unbranched alkanes of at least 4 members (excludes halogenated alkanes) is 2. The highest BCUT2D eigenvalue weighted by Crippen LogP contribution is 2.29. The van der Waals surface area contributed by atoms with Gasteiger partial charge in [-0.3, -0.25) is 4.79 Å². The van der Waals surface area contributed by atoms with Gasteiger partial charge in [0.15, 0.2) is 0 Å². The Labute approximate surface area is 156 Å². The van der Waals surface area contributed by atoms with E-state index >= 15 is 0 Å². The predicted octanol–water partition coefficient (Wildman–Crippen LogP) is 2.56. The van der Waals surface area contributed by atoms with Crippen LogP contribution < -0.4 is 0 Å². The summed E-state index contributed by atoms with van der Waals surface area (Å²) in [6.07, 6.45) is 3.10. The summed E-state index contributed by atoms with van der Waals surface area (Å²) in [6.45, 7) is 6.98. The Balaban J connectivity index is 2.94. The molecular formula is C19H34O7. The van der Waals surface area contributed by atoms with Gasteiger partial charge in [-0.05, 0) is 19.8 Å². The molecule has 1 aliphatic rings. The van der Waals surface area contributed by atoms with Crippen LogP contribution in [0.25, 0.3) is 0 Å². The molecule has 0 bridgehead atoms. The topological polar surface area (TPSA) is 83.5 Å². The number of rotatable bonds is 12. The highest BCUT2D eigenvalue weighted by Gasteiger charge is 2.48. The highest BCUT2D eigenvalue weighted by molar-refractivity contribution is 5.69. The van der Waals surface area contributed by atoms with Crippen molar-refractivity contribution in [1.29, 1.82) is 0 Å². The standard InChI is InChI=1S/C19H34O7/c1-5-8-11-23-17-16(21)14(13-15(20)22-4)26-19(25-10-7-3)18(17)24-12-9-6-2/h7,10,14,16-19,21H,5-6,8-9,11-13H2,1-4H3/b10-7+/t14?,16-,17+,18?,19-/m1/s1. The molecule has 1 aliphatic heterocycles. The van der Waals surface area contributed by atoms with Crippen LogP contribution in [0.1, 0.15) is 52.9 Å². The van der Waals surface area contributed by atoms with Crippen molar-refractivity contribution in [2.75, 3.05) is 20.3 Å². The van der Waals surface area contributed by atoms with Crippen LogP contribution in [0.5, 0.6) is 0 Å². The van der Waals surface area contributed by atoms with Crippen molar-refractivity contribution in [3.8, 4) is 0 Å². The molecule has 1 fully saturated rings. The fourth-order valence-electron chi connectivity index (χ4n) is 2.67. The number of methoxy groups -OCH3 is 1. The first-order valence-corrected chi connectivity index (χ1v) is 9.49. The Morgan fingerprint density at radius 3 is 2.27 bits per heavy atom. The molecule has 0 aliphatic carbocycles. The monoisotopic (exact) mass is 374 g/mol. The number of aliphatic hydroxyl groups is 1. The summed E-state index contributed by atoms with van der Waals surface area (Å²) in [6, 6.07) is 0. The van der Waals surface area contributed by atoms with Gasteiger partial charge in [0.25, 0.3) is 0 Å². The molecule has 1 heterocycles. The average molecular weight is 374 g/mol. The average Bonchev–Trinajstić information content (AvgIpc) is 2.64. The van der Waals surface area contributed by atoms with Gasteiger partial charge < -0.3 is 28.8 Å². The number of ether oxygens (including phenoxy) is 5. The number of carbonyl (C=O) groups excluding carboxylic acids is 1. The molecule has 0 aromatic rings. The molecule has 0 aromatic heterocycles. The van der Waals surface area contributed by atoms with E-state index in [0.717, 1.165) is 25.7 Å². The minimum atomic E-state index is -1.01. The number of hydrogen-bond acceptors (Lipinski definition) is 7. The van der Waals surface area contributed by atoms with Gasteiger partial charge in [0.05, 0.1) is 19.8 Å². The van der Waals surface area contributed by atoms with E-state index in [0.29, 0.717) is 13.2 Å². The second-order valence-electron chi connectivity index (χ2n) is 6.30. The molecule has 0 aromatic carbocycles. The summed E-state index contributed by atoms with van der Waals surface area (Å²) in [7, 11) is 1.30. The first-order valence-electron chi connectivity index (χ1n) is 9.49. The van der Waals surface area contributed by atoms with Gasteiger partial charge in [0.1, 0.15) is 24.4 Å². The molecule has 0 radical (unpaired) electrons. The SMILES string of the molecule is C/C=C/O[C@@H]1OC(CC(=O)OC)[C@@H](O)[C@H](OCCCC)C1OCCCC. The van der Waals surface area contributed by atoms with Crippen LogP contribution >= 0.6 is 0 Å². The predicted molar refractivity (Wildman–Crippen MR) is 96.5 cm³/mol. The van der Waals surface area contributed by atoms with Crippen LogP contribution in [0, 0.1) is 0 Å². The van der Waals surface area contributed by atoms with Crippen molar-refractivity contribution in [2.45, 2.75) is 83.6 Å². The van der Waals surface area contributed by atoms with Crippen LogP contribution in [0.4, 0.5) is 0 Å². The van der Waals surface area contributed by atoms with Crippen LogP contribution in [-0.4, -0.2) is 62.1 Å². The minimum absolute atomic E-state index is 0.0807. The summed E-state index contributed by atoms with van der Waals surface area (Å²) in [5.74, 6) is -0.462. The zero-order valence-corrected chi connectivity index (χ0v) is 16.4. The lowest BCUT2D eigenvalue weighted by atomic mass is 9.96. The molecule has 1 saturated heterocycles. The third-order valence-corrected chi connectivity index (χ3v) is 4.18. The fourth-order valence-corrected chi connectivity index (χ4v) is 2.67. The van der Waals surface area contributed by atoms with Crippen molar-refractivity contribution in [1.82, 2.24) is 0 Å². The third kappa shape index (κ3) is 7.23. The third-order valence-electron chi connectivity index (χ3n) is 4.18. The molecule has 1 rings (SSSR count). The maximum atomic E-state index is 11.7. The van der Waals surface area contributed by atoms with Crippen LogP contribution in [-0.2, 0) is 28.5 Å². The quantitative estimate of drug-likeness (QED) is 0.319. The number of esters is 1. The van der Waals surface area contributed by atoms with E-state index in [2.05, 4.69) is 13.8 Å². The van der Waals surface area contributed by atoms with Crippen LogP contribution in [0.3, 0.4) is 0 Å². The zero-order valence-electron chi connectivity index (χ0n) is 16.4. The van der Waals surface area contributed by atoms with Crippen molar-refractivity contribution < 1.29 is 33.6 Å². The number of hydrogen-bond donors (Lipinski definition) is 1. The summed E-state index contributed by atoms with van der Waals surface area (Å²) >= 11 is 0. The Bertz CT molecular complexity index is 413. The van der Waals surface area contributed by atoms with Gasteiger partial charge in [-0.15, -0.1) is 0 Å². The molecule has 7 nitrogen and oxygen atoms in total. The van der Waals surface area contributed by atoms with E-state index in [9.17, 15) is 9.90 Å². The number of aliphatic hydroxyl groups excluding tert-OH is 1. The van der Waals surface area contributed by atoms with Gasteiger partial charge in [0, 0.05) is 13.2 Å². The maximum Gasteiger partial charge on any atom is 0.308 e. The van der Waals surface area contributed by atoms with Gasteiger partial charge in [-0.1, -0.05) is 32.8 Å². The normalized spacial score (nSPS) is 29.0. The zero-order chi connectivity index (χ0) is 19.4. The Kier molecular flexibility index (Phi) is 11.5. The lowest BCUT2D eigenvalue weighted by Crippen LogP contribution is -2.60. The Morgan fingerprint density at radius 1 is 1.12 bits per heavy atom. The Hall–Kier alpha value is -1.15. The van der Waals surface area contributed by atoms with E-state index in [1.807, 2.05) is 6.92 Å². The van der Waals surface area contributed by atoms with E-state index in [4.69, 9.17) is 23.7 Å². The largest absolute Gasteiger partial charge is 0.470 e. The molecule has 0 saturated carbocycles. The molecule has 7 heteroatoms. The summed E-state index contributed by atoms with van der Waals surface area (Å²) in [5, 5.41) is 10.7. The second kappa shape index (κ2) is 13.1. The van der Waals surface area contributed by atoms with E-state index < -0.39 is 36.7 Å². The van der Waals surface area contributed by atoms with Gasteiger partial charge in [-0.2, -0.15) is 0 Å². The molecule has 152 valence electrons. The highest BCUT2D eigenvalue weighted by atomic mass is 16.7. The summed E-state index contributed by atoms with van der Waals surface area (Å²) in [4.78, 5) is 11.7. The fraction of sp³-hybridized carbons (Fsp3) is 0.842. The lowest BCUT2D eigenvalue weighted by molar-refractivity contribution is -0.301. The number of carbonyl (C=O) groups is 1. The van der Waals surface area contributed by atoms with Crippen LogP contribution in [0.2, 0.25) is 0 Å². The van der Waals surface area contributed by atoms with Gasteiger partial charge in [0.2, 0.25) is 6.29 Å². The Morgan fingerprint density at radius 2 is 1.73 bits per heavy atom.